The standard InChI is InChI=1S/C29H24Cl2N2O6S/c1-5-38-28(35)24-15(2)32-29-33(26(24)16-9-11-21(36-3)22(13-16)37-4)27(34)23(40-29)14-17-10-12-20(39-17)18-7-6-8-19(30)25(18)31/h6-14,26H,5H2,1-4H3/b23-14+/t26-/m1/s1. The predicted octanol–water partition coefficient (Wildman–Crippen LogP) is 5.38. The number of aromatic nitrogens is 1. The van der Waals surface area contributed by atoms with Crippen LogP contribution in [0.2, 0.25) is 10.0 Å². The third kappa shape index (κ3) is 4.96. The lowest BCUT2D eigenvalue weighted by Crippen LogP contribution is -2.39. The topological polar surface area (TPSA) is 92.3 Å². The Labute approximate surface area is 243 Å². The Morgan fingerprint density at radius 1 is 1.12 bits per heavy atom. The number of rotatable bonds is 7. The van der Waals surface area contributed by atoms with Crippen molar-refractivity contribution in [2.45, 2.75) is 19.9 Å². The molecule has 2 aromatic carbocycles. The molecule has 0 N–H and O–H groups in total. The highest BCUT2D eigenvalue weighted by atomic mass is 35.5. The van der Waals surface area contributed by atoms with Crippen LogP contribution in [0.1, 0.15) is 31.2 Å². The van der Waals surface area contributed by atoms with Gasteiger partial charge in [0.05, 0.1) is 52.7 Å². The number of fused-ring (bicyclic) bond motifs is 1. The number of furan rings is 1. The zero-order valence-corrected chi connectivity index (χ0v) is 24.3. The highest BCUT2D eigenvalue weighted by Crippen LogP contribution is 2.36. The molecule has 0 spiro atoms. The van der Waals surface area contributed by atoms with E-state index in [2.05, 4.69) is 4.99 Å². The summed E-state index contributed by atoms with van der Waals surface area (Å²) in [6.45, 7) is 3.63. The van der Waals surface area contributed by atoms with Gasteiger partial charge < -0.3 is 18.6 Å². The SMILES string of the molecule is CCOC(=O)C1=C(C)N=c2s/c(=C/c3ccc(-c4cccc(Cl)c4Cl)o3)c(=O)n2[C@@H]1c1ccc(OC)c(OC)c1. The number of allylic oxidation sites excluding steroid dienone is 1. The number of halogens is 2. The molecule has 2 aromatic heterocycles. The number of nitrogens with zero attached hydrogens (tertiary/aromatic N) is 2. The van der Waals surface area contributed by atoms with E-state index in [-0.39, 0.29) is 17.7 Å². The fraction of sp³-hybridized carbons (Fsp3) is 0.207. The first-order valence-corrected chi connectivity index (χ1v) is 13.8. The largest absolute Gasteiger partial charge is 0.493 e. The molecular formula is C29H24Cl2N2O6S. The van der Waals surface area contributed by atoms with Crippen LogP contribution in [0.25, 0.3) is 17.4 Å². The molecule has 0 amide bonds. The van der Waals surface area contributed by atoms with Crippen molar-refractivity contribution in [3.8, 4) is 22.8 Å². The second-order valence-corrected chi connectivity index (χ2v) is 10.5. The van der Waals surface area contributed by atoms with Crippen LogP contribution in [-0.2, 0) is 9.53 Å². The molecule has 8 nitrogen and oxygen atoms in total. The van der Waals surface area contributed by atoms with Gasteiger partial charge in [-0.2, -0.15) is 0 Å². The van der Waals surface area contributed by atoms with Gasteiger partial charge in [-0.1, -0.05) is 46.7 Å². The molecule has 4 aromatic rings. The number of carbonyl (C=O) groups is 1. The van der Waals surface area contributed by atoms with Crippen LogP contribution in [0, 0.1) is 0 Å². The number of carbonyl (C=O) groups excluding carboxylic acids is 1. The first kappa shape index (κ1) is 27.8. The smallest absolute Gasteiger partial charge is 0.338 e. The van der Waals surface area contributed by atoms with Gasteiger partial charge >= 0.3 is 5.97 Å². The molecule has 40 heavy (non-hydrogen) atoms. The fourth-order valence-corrected chi connectivity index (χ4v) is 5.95. The predicted molar refractivity (Wildman–Crippen MR) is 154 cm³/mol. The molecule has 1 aliphatic heterocycles. The van der Waals surface area contributed by atoms with Crippen LogP contribution in [0.5, 0.6) is 11.5 Å². The van der Waals surface area contributed by atoms with Gasteiger partial charge in [0.2, 0.25) is 0 Å². The third-order valence-electron chi connectivity index (χ3n) is 6.36. The molecule has 0 saturated carbocycles. The number of hydrogen-bond donors (Lipinski definition) is 0. The van der Waals surface area contributed by atoms with Gasteiger partial charge in [0.25, 0.3) is 5.56 Å². The van der Waals surface area contributed by atoms with Crippen molar-refractivity contribution in [3.63, 3.8) is 0 Å². The lowest BCUT2D eigenvalue weighted by Gasteiger charge is -2.25. The van der Waals surface area contributed by atoms with Gasteiger partial charge in [-0.25, -0.2) is 9.79 Å². The summed E-state index contributed by atoms with van der Waals surface area (Å²) >= 11 is 13.7. The second kappa shape index (κ2) is 11.4. The number of thiazole rings is 1. The summed E-state index contributed by atoms with van der Waals surface area (Å²) in [6.07, 6.45) is 1.64. The highest BCUT2D eigenvalue weighted by molar-refractivity contribution is 7.07. The molecule has 0 unspecified atom stereocenters. The summed E-state index contributed by atoms with van der Waals surface area (Å²) < 4.78 is 24.1. The van der Waals surface area contributed by atoms with Crippen molar-refractivity contribution >= 4 is 46.6 Å². The average Bonchev–Trinajstić information content (AvgIpc) is 3.53. The summed E-state index contributed by atoms with van der Waals surface area (Å²) in [7, 11) is 3.06. The summed E-state index contributed by atoms with van der Waals surface area (Å²) in [5.41, 5.74) is 1.67. The van der Waals surface area contributed by atoms with E-state index in [1.165, 1.54) is 30.1 Å². The van der Waals surface area contributed by atoms with Crippen molar-refractivity contribution in [2.24, 2.45) is 4.99 Å². The molecule has 11 heteroatoms. The summed E-state index contributed by atoms with van der Waals surface area (Å²) in [6, 6.07) is 13.2. The molecule has 3 heterocycles. The molecule has 0 saturated heterocycles. The van der Waals surface area contributed by atoms with Crippen LogP contribution in [0.3, 0.4) is 0 Å². The van der Waals surface area contributed by atoms with E-state index < -0.39 is 12.0 Å². The maximum atomic E-state index is 13.9. The van der Waals surface area contributed by atoms with Crippen LogP contribution in [0.15, 0.2) is 74.0 Å². The van der Waals surface area contributed by atoms with Crippen LogP contribution in [0.4, 0.5) is 0 Å². The van der Waals surface area contributed by atoms with Crippen molar-refractivity contribution in [2.75, 3.05) is 20.8 Å². The molecule has 1 aliphatic rings. The second-order valence-electron chi connectivity index (χ2n) is 8.72. The maximum Gasteiger partial charge on any atom is 0.338 e. The molecule has 206 valence electrons. The number of ether oxygens (including phenoxy) is 3. The average molecular weight is 599 g/mol. The Bertz CT molecular complexity index is 1840. The van der Waals surface area contributed by atoms with Crippen molar-refractivity contribution in [3.05, 3.63) is 101 Å². The highest BCUT2D eigenvalue weighted by Gasteiger charge is 2.34. The van der Waals surface area contributed by atoms with Gasteiger partial charge in [-0.3, -0.25) is 9.36 Å². The minimum atomic E-state index is -0.797. The van der Waals surface area contributed by atoms with E-state index in [4.69, 9.17) is 41.8 Å². The Balaban J connectivity index is 1.66. The van der Waals surface area contributed by atoms with Gasteiger partial charge in [0, 0.05) is 11.6 Å². The Hall–Kier alpha value is -3.79. The normalized spacial score (nSPS) is 15.1. The quantitative estimate of drug-likeness (QED) is 0.265. The van der Waals surface area contributed by atoms with E-state index in [0.29, 0.717) is 59.2 Å². The summed E-state index contributed by atoms with van der Waals surface area (Å²) in [5, 5.41) is 0.787. The fourth-order valence-electron chi connectivity index (χ4n) is 4.53. The van der Waals surface area contributed by atoms with E-state index in [9.17, 15) is 9.59 Å². The number of hydrogen-bond acceptors (Lipinski definition) is 8. The minimum Gasteiger partial charge on any atom is -0.493 e. The zero-order valence-electron chi connectivity index (χ0n) is 22.0. The molecule has 0 fully saturated rings. The Kier molecular flexibility index (Phi) is 7.89. The first-order valence-electron chi connectivity index (χ1n) is 12.2. The number of benzene rings is 2. The van der Waals surface area contributed by atoms with Gasteiger partial charge in [0.15, 0.2) is 16.3 Å². The maximum absolute atomic E-state index is 13.9. The minimum absolute atomic E-state index is 0.177. The lowest BCUT2D eigenvalue weighted by molar-refractivity contribution is -0.139. The van der Waals surface area contributed by atoms with Crippen molar-refractivity contribution < 1.29 is 23.4 Å². The number of methoxy groups -OCH3 is 2. The van der Waals surface area contributed by atoms with E-state index in [0.717, 1.165) is 0 Å². The Morgan fingerprint density at radius 2 is 1.90 bits per heavy atom. The van der Waals surface area contributed by atoms with Crippen molar-refractivity contribution in [1.82, 2.24) is 4.57 Å². The third-order valence-corrected chi connectivity index (χ3v) is 8.16. The monoisotopic (exact) mass is 598 g/mol. The van der Waals surface area contributed by atoms with Gasteiger partial charge in [0.1, 0.15) is 11.5 Å². The molecule has 0 bridgehead atoms. The van der Waals surface area contributed by atoms with E-state index in [1.54, 1.807) is 68.5 Å². The van der Waals surface area contributed by atoms with Crippen LogP contribution in [-0.4, -0.2) is 31.4 Å². The van der Waals surface area contributed by atoms with E-state index >= 15 is 0 Å². The van der Waals surface area contributed by atoms with Gasteiger partial charge in [-0.05, 0) is 55.8 Å². The van der Waals surface area contributed by atoms with Crippen molar-refractivity contribution in [1.29, 1.82) is 0 Å². The molecular weight excluding hydrogens is 575 g/mol. The summed E-state index contributed by atoms with van der Waals surface area (Å²) in [4.78, 5) is 32.0. The van der Waals surface area contributed by atoms with Gasteiger partial charge in [-0.15, -0.1) is 0 Å². The summed E-state index contributed by atoms with van der Waals surface area (Å²) in [5.74, 6) is 1.38. The molecule has 1 atom stereocenters. The molecule has 0 aliphatic carbocycles. The Morgan fingerprint density at radius 3 is 2.62 bits per heavy atom. The van der Waals surface area contributed by atoms with E-state index in [1.807, 2.05) is 0 Å². The zero-order chi connectivity index (χ0) is 28.6. The first-order chi connectivity index (χ1) is 19.3. The van der Waals surface area contributed by atoms with Crippen LogP contribution >= 0.6 is 34.5 Å². The number of esters is 1. The lowest BCUT2D eigenvalue weighted by atomic mass is 9.95. The molecule has 0 radical (unpaired) electrons. The molecule has 5 rings (SSSR count). The van der Waals surface area contributed by atoms with Crippen LogP contribution < -0.4 is 24.4 Å².